The third-order valence-electron chi connectivity index (χ3n) is 2.23. The van der Waals surface area contributed by atoms with Crippen LogP contribution in [-0.4, -0.2) is 58.4 Å². The number of aromatic nitrogens is 2. The third kappa shape index (κ3) is 3.88. The zero-order valence-electron chi connectivity index (χ0n) is 10.1. The number of rotatable bonds is 8. The predicted molar refractivity (Wildman–Crippen MR) is 65.9 cm³/mol. The Bertz CT molecular complexity index is 551. The molecule has 0 saturated heterocycles. The van der Waals surface area contributed by atoms with E-state index in [1.165, 1.54) is 6.08 Å². The zero-order chi connectivity index (χ0) is 14.5. The molecule has 0 spiro atoms. The standard InChI is InChI=1S/C10H15N3O5S/c1-2-3-13(4-5-14)19(17,18)9-6-11-12(7-9)8-10(15)16/h2,6-7,14H,1,3-5,8H2,(H,15,16). The molecule has 9 heteroatoms. The lowest BCUT2D eigenvalue weighted by atomic mass is 10.6. The van der Waals surface area contributed by atoms with Crippen LogP contribution in [0.15, 0.2) is 29.9 Å². The molecule has 0 saturated carbocycles. The fourth-order valence-corrected chi connectivity index (χ4v) is 2.77. The lowest BCUT2D eigenvalue weighted by Crippen LogP contribution is -2.33. The Morgan fingerprint density at radius 1 is 1.58 bits per heavy atom. The van der Waals surface area contributed by atoms with Crippen molar-refractivity contribution in [1.29, 1.82) is 0 Å². The lowest BCUT2D eigenvalue weighted by Gasteiger charge is -2.18. The molecule has 0 atom stereocenters. The number of hydrogen-bond acceptors (Lipinski definition) is 5. The monoisotopic (exact) mass is 289 g/mol. The van der Waals surface area contributed by atoms with Crippen LogP contribution in [0.1, 0.15) is 0 Å². The first kappa shape index (κ1) is 15.3. The molecule has 0 amide bonds. The average Bonchev–Trinajstić information content (AvgIpc) is 2.77. The van der Waals surface area contributed by atoms with Crippen molar-refractivity contribution < 1.29 is 23.4 Å². The largest absolute Gasteiger partial charge is 0.480 e. The Kier molecular flexibility index (Phi) is 5.21. The van der Waals surface area contributed by atoms with Gasteiger partial charge in [-0.05, 0) is 0 Å². The van der Waals surface area contributed by atoms with Crippen LogP contribution >= 0.6 is 0 Å². The summed E-state index contributed by atoms with van der Waals surface area (Å²) in [5.41, 5.74) is 0. The molecule has 0 aromatic carbocycles. The molecule has 0 radical (unpaired) electrons. The molecule has 1 heterocycles. The van der Waals surface area contributed by atoms with E-state index in [1.54, 1.807) is 0 Å². The maximum Gasteiger partial charge on any atom is 0.325 e. The minimum absolute atomic E-state index is 0.0486. The topological polar surface area (TPSA) is 113 Å². The third-order valence-corrected chi connectivity index (χ3v) is 4.04. The number of hydrogen-bond donors (Lipinski definition) is 2. The van der Waals surface area contributed by atoms with Gasteiger partial charge in [-0.3, -0.25) is 9.48 Å². The van der Waals surface area contributed by atoms with E-state index in [4.69, 9.17) is 10.2 Å². The Labute approximate surface area is 110 Å². The highest BCUT2D eigenvalue weighted by Gasteiger charge is 2.24. The number of carbonyl (C=O) groups is 1. The molecule has 1 aromatic rings. The van der Waals surface area contributed by atoms with Gasteiger partial charge in [0.1, 0.15) is 11.4 Å². The maximum absolute atomic E-state index is 12.2. The number of sulfonamides is 1. The molecular formula is C10H15N3O5S. The summed E-state index contributed by atoms with van der Waals surface area (Å²) in [5, 5.41) is 21.1. The maximum atomic E-state index is 12.2. The summed E-state index contributed by atoms with van der Waals surface area (Å²) in [5.74, 6) is -1.12. The van der Waals surface area contributed by atoms with Gasteiger partial charge in [0.25, 0.3) is 0 Å². The van der Waals surface area contributed by atoms with Gasteiger partial charge >= 0.3 is 5.97 Å². The minimum atomic E-state index is -3.81. The second kappa shape index (κ2) is 6.45. The molecule has 19 heavy (non-hydrogen) atoms. The van der Waals surface area contributed by atoms with E-state index in [0.717, 1.165) is 21.4 Å². The summed E-state index contributed by atoms with van der Waals surface area (Å²) in [6, 6.07) is 0. The van der Waals surface area contributed by atoms with Crippen LogP contribution in [0.4, 0.5) is 0 Å². The van der Waals surface area contributed by atoms with E-state index in [2.05, 4.69) is 11.7 Å². The Balaban J connectivity index is 3.00. The second-order valence-electron chi connectivity index (χ2n) is 3.64. The van der Waals surface area contributed by atoms with Crippen molar-refractivity contribution in [3.63, 3.8) is 0 Å². The predicted octanol–water partition coefficient (Wildman–Crippen LogP) is -0.863. The van der Waals surface area contributed by atoms with E-state index < -0.39 is 22.5 Å². The van der Waals surface area contributed by atoms with Gasteiger partial charge in [0.15, 0.2) is 0 Å². The highest BCUT2D eigenvalue weighted by molar-refractivity contribution is 7.89. The van der Waals surface area contributed by atoms with Crippen LogP contribution in [0.3, 0.4) is 0 Å². The van der Waals surface area contributed by atoms with Gasteiger partial charge in [0.2, 0.25) is 10.0 Å². The highest BCUT2D eigenvalue weighted by atomic mass is 32.2. The van der Waals surface area contributed by atoms with Crippen LogP contribution in [0.5, 0.6) is 0 Å². The smallest absolute Gasteiger partial charge is 0.325 e. The summed E-state index contributed by atoms with van der Waals surface area (Å²) >= 11 is 0. The fraction of sp³-hybridized carbons (Fsp3) is 0.400. The van der Waals surface area contributed by atoms with Gasteiger partial charge in [0.05, 0.1) is 12.8 Å². The Morgan fingerprint density at radius 2 is 2.26 bits per heavy atom. The summed E-state index contributed by atoms with van der Waals surface area (Å²) in [6.45, 7) is 2.68. The van der Waals surface area contributed by atoms with Gasteiger partial charge in [-0.15, -0.1) is 6.58 Å². The number of aliphatic carboxylic acids is 1. The van der Waals surface area contributed by atoms with E-state index in [0.29, 0.717) is 0 Å². The first-order valence-electron chi connectivity index (χ1n) is 5.38. The van der Waals surface area contributed by atoms with Gasteiger partial charge in [-0.1, -0.05) is 6.08 Å². The van der Waals surface area contributed by atoms with Crippen molar-refractivity contribution in [3.05, 3.63) is 25.0 Å². The molecule has 106 valence electrons. The Hall–Kier alpha value is -1.71. The van der Waals surface area contributed by atoms with Gasteiger partial charge in [-0.25, -0.2) is 8.42 Å². The van der Waals surface area contributed by atoms with Gasteiger partial charge in [0, 0.05) is 19.3 Å². The average molecular weight is 289 g/mol. The molecule has 8 nitrogen and oxygen atoms in total. The van der Waals surface area contributed by atoms with Crippen molar-refractivity contribution in [1.82, 2.24) is 14.1 Å². The lowest BCUT2D eigenvalue weighted by molar-refractivity contribution is -0.137. The molecule has 2 N–H and O–H groups in total. The Morgan fingerprint density at radius 3 is 2.79 bits per heavy atom. The van der Waals surface area contributed by atoms with Gasteiger partial charge < -0.3 is 10.2 Å². The van der Waals surface area contributed by atoms with Crippen molar-refractivity contribution in [2.45, 2.75) is 11.4 Å². The number of aliphatic hydroxyl groups is 1. The molecule has 0 aliphatic rings. The fourth-order valence-electron chi connectivity index (χ4n) is 1.42. The van der Waals surface area contributed by atoms with Crippen molar-refractivity contribution >= 4 is 16.0 Å². The summed E-state index contributed by atoms with van der Waals surface area (Å²) in [6.07, 6.45) is 3.61. The van der Waals surface area contributed by atoms with E-state index in [-0.39, 0.29) is 24.6 Å². The SMILES string of the molecule is C=CCN(CCO)S(=O)(=O)c1cnn(CC(=O)O)c1. The first-order chi connectivity index (χ1) is 8.91. The van der Waals surface area contributed by atoms with Crippen LogP contribution in [0, 0.1) is 0 Å². The number of aliphatic hydroxyl groups excluding tert-OH is 1. The van der Waals surface area contributed by atoms with E-state index >= 15 is 0 Å². The molecule has 0 aliphatic carbocycles. The molecule has 0 bridgehead atoms. The summed E-state index contributed by atoms with van der Waals surface area (Å²) in [7, 11) is -3.81. The first-order valence-corrected chi connectivity index (χ1v) is 6.82. The number of nitrogens with zero attached hydrogens (tertiary/aromatic N) is 3. The van der Waals surface area contributed by atoms with Crippen LogP contribution in [0.2, 0.25) is 0 Å². The normalized spacial score (nSPS) is 11.7. The van der Waals surface area contributed by atoms with Crippen LogP contribution < -0.4 is 0 Å². The molecule has 1 aromatic heterocycles. The molecule has 0 fully saturated rings. The van der Waals surface area contributed by atoms with Crippen molar-refractivity contribution in [2.75, 3.05) is 19.7 Å². The van der Waals surface area contributed by atoms with Crippen LogP contribution in [-0.2, 0) is 21.4 Å². The second-order valence-corrected chi connectivity index (χ2v) is 5.58. The molecule has 0 unspecified atom stereocenters. The molecule has 0 aliphatic heterocycles. The number of carboxylic acids is 1. The quantitative estimate of drug-likeness (QED) is 0.602. The van der Waals surface area contributed by atoms with Crippen LogP contribution in [0.25, 0.3) is 0 Å². The van der Waals surface area contributed by atoms with Crippen molar-refractivity contribution in [2.24, 2.45) is 0 Å². The zero-order valence-corrected chi connectivity index (χ0v) is 11.0. The molecule has 1 rings (SSSR count). The summed E-state index contributed by atoms with van der Waals surface area (Å²) < 4.78 is 26.4. The van der Waals surface area contributed by atoms with Gasteiger partial charge in [-0.2, -0.15) is 9.40 Å². The van der Waals surface area contributed by atoms with E-state index in [1.807, 2.05) is 0 Å². The minimum Gasteiger partial charge on any atom is -0.480 e. The summed E-state index contributed by atoms with van der Waals surface area (Å²) in [4.78, 5) is 10.4. The van der Waals surface area contributed by atoms with E-state index in [9.17, 15) is 13.2 Å². The number of carboxylic acid groups (broad SMARTS) is 1. The highest BCUT2D eigenvalue weighted by Crippen LogP contribution is 2.14. The molecular weight excluding hydrogens is 274 g/mol. The van der Waals surface area contributed by atoms with Crippen molar-refractivity contribution in [3.8, 4) is 0 Å².